The molecule has 2 heterocycles. The van der Waals surface area contributed by atoms with Gasteiger partial charge >= 0.3 is 0 Å². The number of hydrogen-bond acceptors (Lipinski definition) is 4. The summed E-state index contributed by atoms with van der Waals surface area (Å²) in [4.78, 5) is 16.2. The molecule has 5 heteroatoms. The fourth-order valence-corrected chi connectivity index (χ4v) is 8.54. The van der Waals surface area contributed by atoms with Gasteiger partial charge in [-0.15, -0.1) is 0 Å². The second-order valence-corrected chi connectivity index (χ2v) is 17.0. The lowest BCUT2D eigenvalue weighted by Crippen LogP contribution is -2.09. The second-order valence-electron chi connectivity index (χ2n) is 17.0. The molecular formula is C63H61N5. The van der Waals surface area contributed by atoms with Crippen LogP contribution >= 0.6 is 0 Å². The predicted octanol–water partition coefficient (Wildman–Crippen LogP) is 17.2. The first-order valence-electron chi connectivity index (χ1n) is 24.0. The van der Waals surface area contributed by atoms with E-state index in [4.69, 9.17) is 15.0 Å². The van der Waals surface area contributed by atoms with Gasteiger partial charge in [-0.25, -0.2) is 4.98 Å². The Morgan fingerprint density at radius 3 is 2.37 bits per heavy atom. The molecule has 338 valence electrons. The van der Waals surface area contributed by atoms with Crippen molar-refractivity contribution >= 4 is 44.7 Å². The van der Waals surface area contributed by atoms with Gasteiger partial charge in [-0.2, -0.15) is 9.97 Å². The molecule has 0 saturated carbocycles. The lowest BCUT2D eigenvalue weighted by Gasteiger charge is -2.19. The molecule has 1 N–H and O–H groups in total. The van der Waals surface area contributed by atoms with Crippen molar-refractivity contribution in [2.75, 3.05) is 5.32 Å². The van der Waals surface area contributed by atoms with Crippen molar-refractivity contribution in [3.05, 3.63) is 241 Å². The van der Waals surface area contributed by atoms with Crippen LogP contribution in [0.4, 0.5) is 5.69 Å². The van der Waals surface area contributed by atoms with E-state index in [9.17, 15) is 0 Å². The highest BCUT2D eigenvalue weighted by Gasteiger charge is 2.23. The van der Waals surface area contributed by atoms with Crippen LogP contribution in [0.2, 0.25) is 0 Å². The molecule has 2 aliphatic carbocycles. The SMILES string of the molecule is C=C1C=C/C(c2cccc(-c3nc(-c4cccc(/C=C/C=C(\C=C/C)CC/C=C\C)c4)nc(-n4c5ccccc5c5ccc(C(=C)/C=C\CCC)c(NC6=CCCC=C6)c54)n3)c2)=C\C/C=C\C=C/1. The molecule has 0 aliphatic heterocycles. The first kappa shape index (κ1) is 46.6. The molecule has 4 aromatic carbocycles. The number of aromatic nitrogens is 4. The maximum atomic E-state index is 5.44. The minimum absolute atomic E-state index is 0.522. The third-order valence-electron chi connectivity index (χ3n) is 12.0. The van der Waals surface area contributed by atoms with E-state index in [2.05, 4.69) is 232 Å². The lowest BCUT2D eigenvalue weighted by atomic mass is 10.00. The Hall–Kier alpha value is -7.89. The zero-order chi connectivity index (χ0) is 47.1. The van der Waals surface area contributed by atoms with Gasteiger partial charge in [-0.1, -0.05) is 203 Å². The van der Waals surface area contributed by atoms with Gasteiger partial charge in [-0.3, -0.25) is 4.57 Å². The number of para-hydroxylation sites is 1. The Labute approximate surface area is 403 Å². The van der Waals surface area contributed by atoms with Crippen molar-refractivity contribution in [2.45, 2.75) is 65.7 Å². The smallest absolute Gasteiger partial charge is 0.238 e. The summed E-state index contributed by atoms with van der Waals surface area (Å²) >= 11 is 0. The van der Waals surface area contributed by atoms with Crippen LogP contribution in [0.1, 0.15) is 82.4 Å². The third kappa shape index (κ3) is 11.4. The highest BCUT2D eigenvalue weighted by atomic mass is 15.2. The molecule has 2 aromatic heterocycles. The van der Waals surface area contributed by atoms with Gasteiger partial charge in [0.1, 0.15) is 0 Å². The van der Waals surface area contributed by atoms with Crippen molar-refractivity contribution in [1.29, 1.82) is 0 Å². The molecule has 0 spiro atoms. The van der Waals surface area contributed by atoms with Gasteiger partial charge < -0.3 is 5.32 Å². The Balaban J connectivity index is 1.35. The highest BCUT2D eigenvalue weighted by molar-refractivity contribution is 6.15. The van der Waals surface area contributed by atoms with Crippen LogP contribution in [0, 0.1) is 0 Å². The Morgan fingerprint density at radius 2 is 1.56 bits per heavy atom. The van der Waals surface area contributed by atoms with Crippen LogP contribution in [-0.2, 0) is 0 Å². The molecule has 0 radical (unpaired) electrons. The average molecular weight is 888 g/mol. The van der Waals surface area contributed by atoms with Crippen LogP contribution < -0.4 is 5.32 Å². The van der Waals surface area contributed by atoms with E-state index in [1.807, 2.05) is 12.2 Å². The van der Waals surface area contributed by atoms with Crippen molar-refractivity contribution in [1.82, 2.24) is 19.5 Å². The third-order valence-corrected chi connectivity index (χ3v) is 12.0. The van der Waals surface area contributed by atoms with E-state index in [-0.39, 0.29) is 0 Å². The minimum atomic E-state index is 0.522. The van der Waals surface area contributed by atoms with Gasteiger partial charge in [0.05, 0.1) is 16.7 Å². The summed E-state index contributed by atoms with van der Waals surface area (Å²) in [6.07, 6.45) is 47.7. The van der Waals surface area contributed by atoms with Gasteiger partial charge in [-0.05, 0) is 110 Å². The first-order chi connectivity index (χ1) is 33.4. The standard InChI is InChI=1S/C63H61N5/c1-6-9-14-27-47(5)55-42-43-57-56-38-20-21-39-58(56)68(60(57)59(55)64-54-36-18-13-19-37-54)63-66-61(52-34-23-31-49(44-52)30-22-29-48(25-8-3)28-15-10-7-2)65-62(67-63)53-35-24-33-51(45-53)50-32-17-12-11-16-26-46(4)40-41-50/h7-8,10-12,14,16,18,20-27,29-45,64H,4-6,9,13,15,17,19,28H2,1-3H3/b10-7-,12-11-,25-8-,26-16-,27-14-,30-22+,41-40?,48-29+,50-32+. The maximum Gasteiger partial charge on any atom is 0.238 e. The lowest BCUT2D eigenvalue weighted by molar-refractivity contribution is 0.953. The Bertz CT molecular complexity index is 3180. The molecule has 68 heavy (non-hydrogen) atoms. The van der Waals surface area contributed by atoms with E-state index < -0.39 is 0 Å². The summed E-state index contributed by atoms with van der Waals surface area (Å²) < 4.78 is 2.22. The van der Waals surface area contributed by atoms with E-state index in [0.29, 0.717) is 17.6 Å². The zero-order valence-corrected chi connectivity index (χ0v) is 39.7. The quantitative estimate of drug-likeness (QED) is 0.0777. The molecule has 0 fully saturated rings. The molecule has 5 nitrogen and oxygen atoms in total. The highest BCUT2D eigenvalue weighted by Crippen LogP contribution is 2.41. The van der Waals surface area contributed by atoms with E-state index >= 15 is 0 Å². The second kappa shape index (κ2) is 23.0. The number of anilines is 1. The minimum Gasteiger partial charge on any atom is -0.354 e. The number of rotatable bonds is 16. The van der Waals surface area contributed by atoms with Gasteiger partial charge in [0, 0.05) is 33.2 Å². The first-order valence-corrected chi connectivity index (χ1v) is 24.0. The summed E-state index contributed by atoms with van der Waals surface area (Å²) in [6, 6.07) is 29.9. The summed E-state index contributed by atoms with van der Waals surface area (Å²) in [5, 5.41) is 6.08. The van der Waals surface area contributed by atoms with Gasteiger partial charge in [0.25, 0.3) is 0 Å². The number of nitrogens with one attached hydrogen (secondary N) is 1. The molecule has 0 bridgehead atoms. The molecule has 6 aromatic rings. The van der Waals surface area contributed by atoms with E-state index in [1.54, 1.807) is 0 Å². The summed E-state index contributed by atoms with van der Waals surface area (Å²) in [5.74, 6) is 1.68. The molecule has 0 atom stereocenters. The summed E-state index contributed by atoms with van der Waals surface area (Å²) in [6.45, 7) is 15.2. The predicted molar refractivity (Wildman–Crippen MR) is 293 cm³/mol. The number of fused-ring (bicyclic) bond motifs is 3. The fourth-order valence-electron chi connectivity index (χ4n) is 8.54. The molecule has 0 saturated heterocycles. The largest absolute Gasteiger partial charge is 0.354 e. The number of benzene rings is 4. The van der Waals surface area contributed by atoms with Gasteiger partial charge in [0.2, 0.25) is 5.95 Å². The normalized spacial score (nSPS) is 16.3. The van der Waals surface area contributed by atoms with Crippen molar-refractivity contribution in [3.63, 3.8) is 0 Å². The number of allylic oxidation sites excluding steroid dienone is 22. The van der Waals surface area contributed by atoms with Crippen LogP contribution in [0.25, 0.3) is 67.8 Å². The van der Waals surface area contributed by atoms with Gasteiger partial charge in [0.15, 0.2) is 11.6 Å². The van der Waals surface area contributed by atoms with Crippen LogP contribution in [-0.4, -0.2) is 19.5 Å². The number of hydrogen-bond donors (Lipinski definition) is 1. The monoisotopic (exact) mass is 887 g/mol. The molecule has 8 rings (SSSR count). The fraction of sp³-hybridized carbons (Fsp3) is 0.159. The Morgan fingerprint density at radius 1 is 0.735 bits per heavy atom. The number of nitrogens with zero attached hydrogens (tertiary/aromatic N) is 4. The van der Waals surface area contributed by atoms with E-state index in [0.717, 1.165) is 123 Å². The molecule has 0 amide bonds. The maximum absolute atomic E-state index is 5.44. The van der Waals surface area contributed by atoms with E-state index in [1.165, 1.54) is 5.57 Å². The van der Waals surface area contributed by atoms with Crippen LogP contribution in [0.5, 0.6) is 0 Å². The topological polar surface area (TPSA) is 55.6 Å². The van der Waals surface area contributed by atoms with Crippen LogP contribution in [0.15, 0.2) is 224 Å². The zero-order valence-electron chi connectivity index (χ0n) is 39.7. The Kier molecular flexibility index (Phi) is 15.8. The molecule has 2 aliphatic rings. The van der Waals surface area contributed by atoms with Crippen LogP contribution in [0.3, 0.4) is 0 Å². The number of unbranched alkanes of at least 4 members (excludes halogenated alkanes) is 1. The summed E-state index contributed by atoms with van der Waals surface area (Å²) in [7, 11) is 0. The average Bonchev–Trinajstić information content (AvgIpc) is 3.71. The molecular weight excluding hydrogens is 827 g/mol. The van der Waals surface area contributed by atoms with Crippen molar-refractivity contribution < 1.29 is 0 Å². The van der Waals surface area contributed by atoms with Crippen molar-refractivity contribution in [2.24, 2.45) is 0 Å². The molecule has 0 unspecified atom stereocenters. The van der Waals surface area contributed by atoms with Crippen molar-refractivity contribution in [3.8, 4) is 28.7 Å². The summed E-state index contributed by atoms with van der Waals surface area (Å²) in [5.41, 5.74) is 13.1.